The molecule has 0 saturated heterocycles. The first kappa shape index (κ1) is 17.0. The van der Waals surface area contributed by atoms with Gasteiger partial charge in [-0.15, -0.1) is 0 Å². The molecule has 1 aromatic carbocycles. The molecule has 1 atom stereocenters. The molecule has 21 heavy (non-hydrogen) atoms. The lowest BCUT2D eigenvalue weighted by Gasteiger charge is -2.14. The fraction of sp³-hybridized carbons (Fsp3) is 0.529. The van der Waals surface area contributed by atoms with Gasteiger partial charge in [-0.2, -0.15) is 5.26 Å². The number of carbonyl (C=O) groups excluding carboxylic acids is 1. The topological polar surface area (TPSA) is 62.1 Å². The summed E-state index contributed by atoms with van der Waals surface area (Å²) < 4.78 is 5.39. The van der Waals surface area contributed by atoms with Gasteiger partial charge in [0, 0.05) is 6.04 Å². The molecule has 0 fully saturated rings. The van der Waals surface area contributed by atoms with Gasteiger partial charge in [0.25, 0.3) is 5.91 Å². The summed E-state index contributed by atoms with van der Waals surface area (Å²) in [6.45, 7) is 4.21. The Morgan fingerprint density at radius 3 is 2.62 bits per heavy atom. The average molecular weight is 288 g/mol. The van der Waals surface area contributed by atoms with Gasteiger partial charge in [-0.1, -0.05) is 32.6 Å². The van der Waals surface area contributed by atoms with Crippen molar-refractivity contribution >= 4 is 5.91 Å². The molecule has 0 saturated carbocycles. The first-order valence-corrected chi connectivity index (χ1v) is 7.58. The highest BCUT2D eigenvalue weighted by molar-refractivity contribution is 5.77. The number of unbranched alkanes of at least 4 members (excludes halogenated alkanes) is 3. The highest BCUT2D eigenvalue weighted by Gasteiger charge is 2.07. The zero-order valence-electron chi connectivity index (χ0n) is 12.9. The standard InChI is InChI=1S/C17H24N2O2/c1-3-4-5-6-7-14(2)19-17(20)13-21-16-10-8-15(12-18)9-11-16/h8-11,14H,3-7,13H2,1-2H3,(H,19,20). The van der Waals surface area contributed by atoms with E-state index in [1.807, 2.05) is 13.0 Å². The third kappa shape index (κ3) is 7.36. The van der Waals surface area contributed by atoms with Crippen LogP contribution in [0.2, 0.25) is 0 Å². The quantitative estimate of drug-likeness (QED) is 0.708. The summed E-state index contributed by atoms with van der Waals surface area (Å²) in [7, 11) is 0. The van der Waals surface area contributed by atoms with Crippen LogP contribution in [0.3, 0.4) is 0 Å². The second-order valence-corrected chi connectivity index (χ2v) is 5.24. The predicted molar refractivity (Wildman–Crippen MR) is 83.0 cm³/mol. The first-order chi connectivity index (χ1) is 10.2. The normalized spacial score (nSPS) is 11.5. The molecule has 1 N–H and O–H groups in total. The summed E-state index contributed by atoms with van der Waals surface area (Å²) in [4.78, 5) is 11.8. The number of nitrogens with zero attached hydrogens (tertiary/aromatic N) is 1. The lowest BCUT2D eigenvalue weighted by atomic mass is 10.1. The van der Waals surface area contributed by atoms with Crippen LogP contribution in [0.1, 0.15) is 51.5 Å². The zero-order valence-corrected chi connectivity index (χ0v) is 12.9. The lowest BCUT2D eigenvalue weighted by molar-refractivity contribution is -0.123. The van der Waals surface area contributed by atoms with Gasteiger partial charge in [-0.25, -0.2) is 0 Å². The monoisotopic (exact) mass is 288 g/mol. The summed E-state index contributed by atoms with van der Waals surface area (Å²) in [6, 6.07) is 8.95. The molecule has 1 amide bonds. The van der Waals surface area contributed by atoms with Crippen LogP contribution < -0.4 is 10.1 Å². The number of hydrogen-bond acceptors (Lipinski definition) is 3. The highest BCUT2D eigenvalue weighted by atomic mass is 16.5. The number of amides is 1. The number of benzene rings is 1. The van der Waals surface area contributed by atoms with Crippen molar-refractivity contribution in [2.75, 3.05) is 6.61 Å². The summed E-state index contributed by atoms with van der Waals surface area (Å²) >= 11 is 0. The smallest absolute Gasteiger partial charge is 0.258 e. The summed E-state index contributed by atoms with van der Waals surface area (Å²) in [5.74, 6) is 0.488. The third-order valence-corrected chi connectivity index (χ3v) is 3.25. The van der Waals surface area contributed by atoms with Crippen molar-refractivity contribution in [3.05, 3.63) is 29.8 Å². The number of hydrogen-bond donors (Lipinski definition) is 1. The van der Waals surface area contributed by atoms with E-state index in [2.05, 4.69) is 12.2 Å². The fourth-order valence-corrected chi connectivity index (χ4v) is 2.04. The van der Waals surface area contributed by atoms with Crippen molar-refractivity contribution in [2.24, 2.45) is 0 Å². The van der Waals surface area contributed by atoms with Crippen molar-refractivity contribution in [3.63, 3.8) is 0 Å². The minimum atomic E-state index is -0.109. The van der Waals surface area contributed by atoms with Crippen LogP contribution in [-0.2, 0) is 4.79 Å². The maximum atomic E-state index is 11.8. The van der Waals surface area contributed by atoms with E-state index in [0.717, 1.165) is 12.8 Å². The van der Waals surface area contributed by atoms with Crippen LogP contribution in [0.4, 0.5) is 0 Å². The molecule has 0 aliphatic heterocycles. The second-order valence-electron chi connectivity index (χ2n) is 5.24. The number of nitriles is 1. The molecule has 0 bridgehead atoms. The molecular weight excluding hydrogens is 264 g/mol. The van der Waals surface area contributed by atoms with Gasteiger partial charge in [0.15, 0.2) is 6.61 Å². The molecular formula is C17H24N2O2. The van der Waals surface area contributed by atoms with Crippen molar-refractivity contribution < 1.29 is 9.53 Å². The second kappa shape index (κ2) is 9.82. The van der Waals surface area contributed by atoms with Crippen molar-refractivity contribution in [1.29, 1.82) is 5.26 Å². The predicted octanol–water partition coefficient (Wildman–Crippen LogP) is 3.41. The van der Waals surface area contributed by atoms with E-state index in [4.69, 9.17) is 10.00 Å². The van der Waals surface area contributed by atoms with Crippen LogP contribution in [0, 0.1) is 11.3 Å². The molecule has 0 radical (unpaired) electrons. The van der Waals surface area contributed by atoms with Crippen molar-refractivity contribution in [1.82, 2.24) is 5.32 Å². The molecule has 4 nitrogen and oxygen atoms in total. The fourth-order valence-electron chi connectivity index (χ4n) is 2.04. The van der Waals surface area contributed by atoms with Crippen LogP contribution in [0.15, 0.2) is 24.3 Å². The molecule has 1 unspecified atom stereocenters. The van der Waals surface area contributed by atoms with Crippen molar-refractivity contribution in [2.45, 2.75) is 52.0 Å². The van der Waals surface area contributed by atoms with E-state index in [1.54, 1.807) is 24.3 Å². The zero-order chi connectivity index (χ0) is 15.5. The molecule has 0 heterocycles. The van der Waals surface area contributed by atoms with Gasteiger partial charge in [0.2, 0.25) is 0 Å². The Morgan fingerprint density at radius 2 is 2.00 bits per heavy atom. The maximum absolute atomic E-state index is 11.8. The number of nitrogens with one attached hydrogen (secondary N) is 1. The number of rotatable bonds is 9. The summed E-state index contributed by atoms with van der Waals surface area (Å²) in [5.41, 5.74) is 0.576. The van der Waals surface area contributed by atoms with E-state index < -0.39 is 0 Å². The average Bonchev–Trinajstić information content (AvgIpc) is 2.50. The van der Waals surface area contributed by atoms with Gasteiger partial charge in [-0.05, 0) is 37.6 Å². The van der Waals surface area contributed by atoms with Gasteiger partial charge < -0.3 is 10.1 Å². The lowest BCUT2D eigenvalue weighted by Crippen LogP contribution is -2.36. The first-order valence-electron chi connectivity index (χ1n) is 7.58. The van der Waals surface area contributed by atoms with Crippen LogP contribution in [0.25, 0.3) is 0 Å². The van der Waals surface area contributed by atoms with Gasteiger partial charge >= 0.3 is 0 Å². The van der Waals surface area contributed by atoms with Crippen LogP contribution in [-0.4, -0.2) is 18.6 Å². The molecule has 1 rings (SSSR count). The highest BCUT2D eigenvalue weighted by Crippen LogP contribution is 2.11. The molecule has 0 spiro atoms. The van der Waals surface area contributed by atoms with Gasteiger partial charge in [0.1, 0.15) is 5.75 Å². The van der Waals surface area contributed by atoms with E-state index in [0.29, 0.717) is 11.3 Å². The summed E-state index contributed by atoms with van der Waals surface area (Å²) in [5, 5.41) is 11.6. The molecule has 0 aromatic heterocycles. The Morgan fingerprint density at radius 1 is 1.29 bits per heavy atom. The Kier molecular flexibility index (Phi) is 7.96. The van der Waals surface area contributed by atoms with Gasteiger partial charge in [-0.3, -0.25) is 4.79 Å². The number of carbonyl (C=O) groups is 1. The Labute approximate surface area is 127 Å². The van der Waals surface area contributed by atoms with E-state index in [-0.39, 0.29) is 18.6 Å². The van der Waals surface area contributed by atoms with Crippen LogP contribution in [0.5, 0.6) is 5.75 Å². The largest absolute Gasteiger partial charge is 0.484 e. The Hall–Kier alpha value is -2.02. The molecule has 4 heteroatoms. The number of ether oxygens (including phenoxy) is 1. The molecule has 0 aliphatic carbocycles. The van der Waals surface area contributed by atoms with E-state index >= 15 is 0 Å². The SMILES string of the molecule is CCCCCCC(C)NC(=O)COc1ccc(C#N)cc1. The molecule has 114 valence electrons. The van der Waals surface area contributed by atoms with E-state index in [1.165, 1.54) is 19.3 Å². The van der Waals surface area contributed by atoms with Crippen molar-refractivity contribution in [3.8, 4) is 11.8 Å². The Bertz CT molecular complexity index is 463. The van der Waals surface area contributed by atoms with Crippen LogP contribution >= 0.6 is 0 Å². The van der Waals surface area contributed by atoms with Gasteiger partial charge in [0.05, 0.1) is 11.6 Å². The maximum Gasteiger partial charge on any atom is 0.258 e. The Balaban J connectivity index is 2.22. The van der Waals surface area contributed by atoms with E-state index in [9.17, 15) is 4.79 Å². The minimum Gasteiger partial charge on any atom is -0.484 e. The molecule has 1 aromatic rings. The minimum absolute atomic E-state index is 0.00516. The third-order valence-electron chi connectivity index (χ3n) is 3.25. The summed E-state index contributed by atoms with van der Waals surface area (Å²) in [6.07, 6.45) is 5.84. The molecule has 0 aliphatic rings.